The number of sulfonamides is 1. The number of para-hydroxylation sites is 1. The number of benzene rings is 5. The number of nitrogens with one attached hydrogen (secondary N) is 2. The molecule has 14 nitrogen and oxygen atoms in total. The van der Waals surface area contributed by atoms with Crippen molar-refractivity contribution in [2.24, 2.45) is 5.41 Å². The van der Waals surface area contributed by atoms with Crippen LogP contribution in [-0.4, -0.2) is 139 Å². The van der Waals surface area contributed by atoms with Crippen LogP contribution < -0.4 is 19.5 Å². The standard InChI is InChI=1S/C63H75ClF3N6O8PS3/c1-61(2)32-28-57(48-18-22-51(64)23-19-48)50(45-61)46-72-39-41-73(42-40-72)53-24-20-49(21-25-53)60(74)69-85(78,79)56-26-27-58(59(44-56)84(76,77)63(65,66)67)68-52(47-83-55-16-9-5-10-17-55)29-34-71-37-35-70(36-38-71)33-13-43-82(75,80-54-14-7-4-8-15-54)81-62(3)30-11-6-12-31-62/h4-12,14-27,30,44,52,68H,13,28-29,31-43,45-47H2,1-3H3,(H,69,74)/t52-,62?,82?/m1/s1. The third kappa shape index (κ3) is 17.4. The molecular weight excluding hydrogens is 1190 g/mol. The summed E-state index contributed by atoms with van der Waals surface area (Å²) in [6, 6.07) is 34.7. The lowest BCUT2D eigenvalue weighted by Crippen LogP contribution is -2.47. The van der Waals surface area contributed by atoms with E-state index in [-0.39, 0.29) is 17.1 Å². The summed E-state index contributed by atoms with van der Waals surface area (Å²) in [5, 5.41) is 3.76. The van der Waals surface area contributed by atoms with Gasteiger partial charge in [0, 0.05) is 98.4 Å². The largest absolute Gasteiger partial charge is 0.501 e. The summed E-state index contributed by atoms with van der Waals surface area (Å²) in [6.07, 6.45) is 12.5. The molecule has 22 heteroatoms. The zero-order valence-corrected chi connectivity index (χ0v) is 52.3. The molecule has 0 bridgehead atoms. The molecular formula is C63H75ClF3N6O8PS3. The first kappa shape index (κ1) is 64.1. The summed E-state index contributed by atoms with van der Waals surface area (Å²) >= 11 is 7.66. The fourth-order valence-electron chi connectivity index (χ4n) is 11.2. The molecule has 456 valence electrons. The lowest BCUT2D eigenvalue weighted by atomic mass is 9.73. The number of nitrogens with zero attached hydrogens (tertiary/aromatic N) is 4. The van der Waals surface area contributed by atoms with Crippen molar-refractivity contribution < 1.29 is 48.4 Å². The Morgan fingerprint density at radius 2 is 1.44 bits per heavy atom. The fourth-order valence-corrected chi connectivity index (χ4v) is 16.3. The molecule has 2 heterocycles. The summed E-state index contributed by atoms with van der Waals surface area (Å²) in [4.78, 5) is 21.5. The van der Waals surface area contributed by atoms with Gasteiger partial charge in [-0.2, -0.15) is 13.2 Å². The summed E-state index contributed by atoms with van der Waals surface area (Å²) < 4.78 is 127. The lowest BCUT2D eigenvalue weighted by Gasteiger charge is -2.39. The van der Waals surface area contributed by atoms with Crippen LogP contribution in [0, 0.1) is 5.41 Å². The first-order valence-corrected chi connectivity index (χ1v) is 34.8. The molecule has 0 saturated carbocycles. The van der Waals surface area contributed by atoms with E-state index in [0.29, 0.717) is 81.1 Å². The van der Waals surface area contributed by atoms with Crippen LogP contribution in [0.25, 0.3) is 5.57 Å². The van der Waals surface area contributed by atoms with Crippen LogP contribution in [0.2, 0.25) is 5.02 Å². The maximum absolute atomic E-state index is 14.5. The Bertz CT molecular complexity index is 3470. The molecule has 2 fully saturated rings. The summed E-state index contributed by atoms with van der Waals surface area (Å²) in [5.41, 5.74) is -1.94. The van der Waals surface area contributed by atoms with Crippen molar-refractivity contribution in [2.75, 3.05) is 94.1 Å². The zero-order chi connectivity index (χ0) is 60.5. The van der Waals surface area contributed by atoms with Gasteiger partial charge in [0.2, 0.25) is 0 Å². The van der Waals surface area contributed by atoms with E-state index in [2.05, 4.69) is 50.9 Å². The van der Waals surface area contributed by atoms with Gasteiger partial charge in [0.25, 0.3) is 25.8 Å². The molecule has 0 aromatic heterocycles. The number of hydrogen-bond acceptors (Lipinski definition) is 14. The second kappa shape index (κ2) is 27.7. The molecule has 2 aliphatic carbocycles. The van der Waals surface area contributed by atoms with Gasteiger partial charge < -0.3 is 24.5 Å². The Hall–Kier alpha value is -5.41. The Morgan fingerprint density at radius 3 is 2.08 bits per heavy atom. The van der Waals surface area contributed by atoms with Crippen molar-refractivity contribution >= 4 is 73.7 Å². The van der Waals surface area contributed by atoms with Gasteiger partial charge in [-0.3, -0.25) is 14.2 Å². The normalized spacial score (nSPS) is 20.2. The minimum absolute atomic E-state index is 0.0174. The maximum Gasteiger partial charge on any atom is 0.501 e. The van der Waals surface area contributed by atoms with E-state index in [4.69, 9.17) is 20.6 Å². The second-order valence-electron chi connectivity index (χ2n) is 23.2. The van der Waals surface area contributed by atoms with E-state index < -0.39 is 66.0 Å². The predicted molar refractivity (Wildman–Crippen MR) is 334 cm³/mol. The van der Waals surface area contributed by atoms with Crippen molar-refractivity contribution in [1.29, 1.82) is 0 Å². The summed E-state index contributed by atoms with van der Waals surface area (Å²) in [7, 11) is -14.6. The summed E-state index contributed by atoms with van der Waals surface area (Å²) in [5.74, 6) is -0.251. The number of sulfone groups is 1. The van der Waals surface area contributed by atoms with Crippen LogP contribution in [0.5, 0.6) is 5.75 Å². The van der Waals surface area contributed by atoms with Crippen molar-refractivity contribution in [3.8, 4) is 5.75 Å². The molecule has 85 heavy (non-hydrogen) atoms. The van der Waals surface area contributed by atoms with Crippen LogP contribution in [0.4, 0.5) is 24.5 Å². The minimum atomic E-state index is -6.13. The van der Waals surface area contributed by atoms with E-state index in [9.17, 15) is 39.4 Å². The van der Waals surface area contributed by atoms with Crippen molar-refractivity contribution in [3.63, 3.8) is 0 Å². The number of amides is 1. The van der Waals surface area contributed by atoms with Crippen LogP contribution in [-0.2, 0) is 28.9 Å². The second-order valence-corrected chi connectivity index (χ2v) is 30.4. The van der Waals surface area contributed by atoms with Crippen LogP contribution in [0.3, 0.4) is 0 Å². The van der Waals surface area contributed by atoms with Crippen molar-refractivity contribution in [3.05, 3.63) is 173 Å². The molecule has 0 spiro atoms. The molecule has 5 aromatic carbocycles. The van der Waals surface area contributed by atoms with E-state index >= 15 is 0 Å². The van der Waals surface area contributed by atoms with Crippen LogP contribution in [0.1, 0.15) is 75.2 Å². The highest BCUT2D eigenvalue weighted by Gasteiger charge is 2.49. The monoisotopic (exact) mass is 1260 g/mol. The van der Waals surface area contributed by atoms with E-state index in [1.54, 1.807) is 24.3 Å². The third-order valence-corrected chi connectivity index (χ3v) is 22.3. The molecule has 2 N–H and O–H groups in total. The van der Waals surface area contributed by atoms with Gasteiger partial charge >= 0.3 is 13.1 Å². The topological polar surface area (TPSA) is 158 Å². The quantitative estimate of drug-likeness (QED) is 0.0444. The van der Waals surface area contributed by atoms with Crippen molar-refractivity contribution in [1.82, 2.24) is 19.4 Å². The Kier molecular flexibility index (Phi) is 20.9. The number of hydrogen-bond donors (Lipinski definition) is 2. The van der Waals surface area contributed by atoms with E-state index in [0.717, 1.165) is 74.7 Å². The highest BCUT2D eigenvalue weighted by Crippen LogP contribution is 2.53. The van der Waals surface area contributed by atoms with Gasteiger partial charge in [0.05, 0.1) is 22.3 Å². The number of carbonyl (C=O) groups is 1. The SMILES string of the molecule is CC1(C)CCC(c2ccc(Cl)cc2)=C(CN2CCN(c3ccc(C(=O)NS(=O)(=O)c4ccc(N[C@H](CCN5CCN(CCCP(=O)(Oc6ccccc6)OC6(C)C=CC=CC6)CC5)CSc5ccccc5)c(S(=O)(=O)C(F)(F)F)c4)cc3)CC2)C1. The Morgan fingerprint density at radius 1 is 0.788 bits per heavy atom. The molecule has 5 aromatic rings. The molecule has 2 saturated heterocycles. The number of thioether (sulfide) groups is 1. The fraction of sp³-hybridized carbons (Fsp3) is 0.413. The zero-order valence-electron chi connectivity index (χ0n) is 48.2. The number of allylic oxidation sites excluding steroid dienone is 3. The highest BCUT2D eigenvalue weighted by molar-refractivity contribution is 7.99. The first-order valence-electron chi connectivity index (χ1n) is 28.8. The molecule has 1 amide bonds. The smallest absolute Gasteiger partial charge is 0.424 e. The number of halogens is 4. The highest BCUT2D eigenvalue weighted by atomic mass is 35.5. The third-order valence-electron chi connectivity index (χ3n) is 16.0. The predicted octanol–water partition coefficient (Wildman–Crippen LogP) is 13.1. The number of rotatable bonds is 24. The first-order chi connectivity index (χ1) is 40.4. The maximum atomic E-state index is 14.5. The molecule has 2 aliphatic heterocycles. The minimum Gasteiger partial charge on any atom is -0.424 e. The molecule has 0 radical (unpaired) electrons. The number of anilines is 2. The average molecular weight is 1260 g/mol. The Balaban J connectivity index is 0.818. The van der Waals surface area contributed by atoms with Gasteiger partial charge in [-0.1, -0.05) is 104 Å². The number of carbonyl (C=O) groups excluding carboxylic acids is 1. The van der Waals surface area contributed by atoms with Gasteiger partial charge in [-0.05, 0) is 147 Å². The average Bonchev–Trinajstić information content (AvgIpc) is 1.48. The van der Waals surface area contributed by atoms with Crippen molar-refractivity contribution in [2.45, 2.75) is 91.1 Å². The van der Waals surface area contributed by atoms with Crippen LogP contribution in [0.15, 0.2) is 172 Å². The van der Waals surface area contributed by atoms with E-state index in [1.807, 2.05) is 96.6 Å². The van der Waals surface area contributed by atoms with Gasteiger partial charge in [-0.25, -0.2) is 26.1 Å². The van der Waals surface area contributed by atoms with E-state index in [1.165, 1.54) is 40.6 Å². The van der Waals surface area contributed by atoms with Gasteiger partial charge in [0.1, 0.15) is 10.6 Å². The molecule has 3 atom stereocenters. The molecule has 4 aliphatic rings. The lowest BCUT2D eigenvalue weighted by molar-refractivity contribution is -0.0436. The van der Waals surface area contributed by atoms with Gasteiger partial charge in [-0.15, -0.1) is 11.8 Å². The molecule has 9 rings (SSSR count). The number of piperazine rings is 2. The van der Waals surface area contributed by atoms with Gasteiger partial charge in [0.15, 0.2) is 0 Å². The number of alkyl halides is 3. The van der Waals surface area contributed by atoms with Crippen LogP contribution >= 0.6 is 31.0 Å². The Labute approximate surface area is 508 Å². The molecule has 2 unspecified atom stereocenters. The summed E-state index contributed by atoms with van der Waals surface area (Å²) in [6.45, 7) is 14.3.